The van der Waals surface area contributed by atoms with Gasteiger partial charge in [-0.25, -0.2) is 18.4 Å². The Morgan fingerprint density at radius 1 is 0.981 bits per heavy atom. The molecule has 10 bridgehead atoms. The van der Waals surface area contributed by atoms with Crippen LogP contribution in [-0.4, -0.2) is 41.5 Å². The van der Waals surface area contributed by atoms with Crippen molar-refractivity contribution in [2.24, 2.45) is 5.92 Å². The van der Waals surface area contributed by atoms with Crippen molar-refractivity contribution < 1.29 is 26.8 Å². The summed E-state index contributed by atoms with van der Waals surface area (Å²) < 4.78 is 50.3. The van der Waals surface area contributed by atoms with Crippen LogP contribution in [0.5, 0.6) is 5.75 Å². The van der Waals surface area contributed by atoms with Crippen molar-refractivity contribution in [1.29, 1.82) is 0 Å². The summed E-state index contributed by atoms with van der Waals surface area (Å²) in [5.41, 5.74) is 6.41. The van der Waals surface area contributed by atoms with E-state index >= 15 is 0 Å². The number of anilines is 1. The van der Waals surface area contributed by atoms with E-state index in [9.17, 15) is 13.2 Å². The highest BCUT2D eigenvalue weighted by Gasteiger charge is 2.61. The number of ether oxygens (including phenoxy) is 1. The third kappa shape index (κ3) is 4.19. The van der Waals surface area contributed by atoms with Crippen molar-refractivity contribution in [3.05, 3.63) is 113 Å². The van der Waals surface area contributed by atoms with Crippen LogP contribution in [0.2, 0.25) is 0 Å². The normalized spacial score (nSPS) is 22.1. The van der Waals surface area contributed by atoms with Gasteiger partial charge in [0.05, 0.1) is 6.20 Å². The second kappa shape index (κ2) is 10.7. The molecule has 0 fully saturated rings. The smallest absolute Gasteiger partial charge is 0.250 e. The molecule has 264 valence electrons. The van der Waals surface area contributed by atoms with E-state index in [1.807, 2.05) is 56.4 Å². The first-order chi connectivity index (χ1) is 25.7. The van der Waals surface area contributed by atoms with Crippen molar-refractivity contribution >= 4 is 43.9 Å². The Hall–Kier alpha value is -5.70. The molecule has 4 aromatic heterocycles. The monoisotopic (exact) mass is 742 g/mol. The number of para-hydroxylation sites is 1. The number of rotatable bonds is 4. The van der Waals surface area contributed by atoms with Gasteiger partial charge in [-0.05, 0) is 47.0 Å². The fourth-order valence-electron chi connectivity index (χ4n) is 8.50. The van der Waals surface area contributed by atoms with Gasteiger partial charge >= 0.3 is 0 Å². The van der Waals surface area contributed by atoms with Crippen LogP contribution >= 0.6 is 11.3 Å². The fourth-order valence-corrected chi connectivity index (χ4v) is 10.7. The summed E-state index contributed by atoms with van der Waals surface area (Å²) in [7, 11) is -4.02. The summed E-state index contributed by atoms with van der Waals surface area (Å²) in [6.45, 7) is 3.90. The fraction of sp³-hybridized carbons (Fsp3) is 0.205. The number of nitrogens with zero attached hydrogens (tertiary/aromatic N) is 2. The highest BCUT2D eigenvalue weighted by atomic mass is 32.2. The molecule has 4 N–H and O–H groups in total. The van der Waals surface area contributed by atoms with Crippen molar-refractivity contribution in [3.63, 3.8) is 0 Å². The summed E-state index contributed by atoms with van der Waals surface area (Å²) in [6.07, 6.45) is 3.05. The Kier molecular flexibility index (Phi) is 6.23. The first kappa shape index (κ1) is 30.9. The van der Waals surface area contributed by atoms with E-state index in [2.05, 4.69) is 38.5 Å². The minimum Gasteiger partial charge on any atom is -0.469 e. The van der Waals surface area contributed by atoms with Gasteiger partial charge in [-0.15, -0.1) is 11.3 Å². The Labute approximate surface area is 306 Å². The van der Waals surface area contributed by atoms with Crippen LogP contribution in [0.4, 0.5) is 5.69 Å². The molecule has 1 amide bonds. The maximum Gasteiger partial charge on any atom is 0.250 e. The molecular formula is C39H30N6O6S2. The molecular weight excluding hydrogens is 713 g/mol. The third-order valence-corrected chi connectivity index (χ3v) is 13.8. The van der Waals surface area contributed by atoms with E-state index in [0.29, 0.717) is 23.0 Å². The number of carbonyl (C=O) groups excluding carboxylic acids is 1. The zero-order valence-corrected chi connectivity index (χ0v) is 29.9. The van der Waals surface area contributed by atoms with E-state index in [-0.39, 0.29) is 28.3 Å². The molecule has 4 aliphatic rings. The summed E-state index contributed by atoms with van der Waals surface area (Å²) in [5, 5.41) is 9.53. The van der Waals surface area contributed by atoms with Gasteiger partial charge in [0.25, 0.3) is 10.0 Å². The molecule has 4 aliphatic heterocycles. The second-order valence-electron chi connectivity index (χ2n) is 14.2. The predicted octanol–water partition coefficient (Wildman–Crippen LogP) is 6.71. The number of H-pyrrole nitrogens is 1. The van der Waals surface area contributed by atoms with Crippen LogP contribution in [0.1, 0.15) is 48.2 Å². The highest BCUT2D eigenvalue weighted by Crippen LogP contribution is 2.61. The Bertz CT molecular complexity index is 2780. The molecule has 12 nitrogen and oxygen atoms in total. The lowest BCUT2D eigenvalue weighted by atomic mass is 9.72. The highest BCUT2D eigenvalue weighted by molar-refractivity contribution is 7.91. The topological polar surface area (TPSA) is 164 Å². The maximum absolute atomic E-state index is 14.2. The first-order valence-corrected chi connectivity index (χ1v) is 19.7. The summed E-state index contributed by atoms with van der Waals surface area (Å²) in [5.74, 6) is 1.43. The summed E-state index contributed by atoms with van der Waals surface area (Å²) in [6, 6.07) is 19.4. The lowest BCUT2D eigenvalue weighted by Crippen LogP contribution is -2.49. The molecule has 1 spiro atoms. The number of aromatic amines is 1. The Balaban J connectivity index is 1.21. The van der Waals surface area contributed by atoms with Gasteiger partial charge in [-0.2, -0.15) is 4.72 Å². The molecule has 11 rings (SSSR count). The minimum absolute atomic E-state index is 0.0796. The minimum atomic E-state index is -4.02. The van der Waals surface area contributed by atoms with E-state index in [1.54, 1.807) is 17.6 Å². The second-order valence-corrected chi connectivity index (χ2v) is 17.1. The third-order valence-electron chi connectivity index (χ3n) is 10.9. The molecule has 0 saturated carbocycles. The standard InChI is InChI=1S/C39H30N6O6S2/c1-18(2)31-37-43-33-34(51-37)39-23-8-3-7-21(20-6-4-9-25-30(20)22(16-40-25)28-17-41-36(33)49-28)32(23)44-38(39)50-27-12-11-19(14-24(27)39)15-26(35(46)42-31)45-53(47,48)29-10-5-13-52-29/h3-14,16-18,26,31,38,40,44-45H,15H2,1-2H3,(H,42,46)/t26-,31-,38?,39?/m0/s1. The number of hydrogen-bond acceptors (Lipinski definition) is 10. The number of thiophene rings is 1. The van der Waals surface area contributed by atoms with E-state index in [4.69, 9.17) is 23.5 Å². The van der Waals surface area contributed by atoms with Crippen LogP contribution in [0.25, 0.3) is 44.9 Å². The van der Waals surface area contributed by atoms with E-state index < -0.39 is 39.7 Å². The first-order valence-electron chi connectivity index (χ1n) is 17.4. The number of benzene rings is 3. The lowest BCUT2D eigenvalue weighted by molar-refractivity contribution is -0.124. The Morgan fingerprint density at radius 3 is 2.70 bits per heavy atom. The quantitative estimate of drug-likeness (QED) is 0.153. The maximum atomic E-state index is 14.2. The van der Waals surface area contributed by atoms with Gasteiger partial charge in [0, 0.05) is 45.0 Å². The number of carbonyl (C=O) groups is 1. The zero-order chi connectivity index (χ0) is 35.8. The van der Waals surface area contributed by atoms with Gasteiger partial charge in [0.15, 0.2) is 23.4 Å². The molecule has 2 unspecified atom stereocenters. The van der Waals surface area contributed by atoms with Gasteiger partial charge < -0.3 is 29.2 Å². The number of amides is 1. The van der Waals surface area contributed by atoms with Crippen LogP contribution in [0.15, 0.2) is 97.5 Å². The van der Waals surface area contributed by atoms with Crippen molar-refractivity contribution in [3.8, 4) is 39.8 Å². The van der Waals surface area contributed by atoms with Gasteiger partial charge in [0.1, 0.15) is 27.5 Å². The van der Waals surface area contributed by atoms with E-state index in [1.165, 1.54) is 6.07 Å². The van der Waals surface area contributed by atoms with Gasteiger partial charge in [-0.1, -0.05) is 62.4 Å². The number of fused-ring (bicyclic) bond motifs is 7. The van der Waals surface area contributed by atoms with Gasteiger partial charge in [0.2, 0.25) is 17.7 Å². The predicted molar refractivity (Wildman–Crippen MR) is 197 cm³/mol. The number of sulfonamides is 1. The number of hydrogen-bond donors (Lipinski definition) is 4. The molecule has 0 saturated heterocycles. The summed E-state index contributed by atoms with van der Waals surface area (Å²) in [4.78, 5) is 27.5. The molecule has 8 heterocycles. The molecule has 53 heavy (non-hydrogen) atoms. The van der Waals surface area contributed by atoms with Crippen molar-refractivity contribution in [2.75, 3.05) is 5.32 Å². The molecule has 4 atom stereocenters. The average molecular weight is 743 g/mol. The number of aromatic nitrogens is 3. The molecule has 7 aromatic rings. The largest absolute Gasteiger partial charge is 0.469 e. The van der Waals surface area contributed by atoms with Crippen molar-refractivity contribution in [1.82, 2.24) is 25.0 Å². The van der Waals surface area contributed by atoms with Crippen LogP contribution in [0.3, 0.4) is 0 Å². The molecule has 0 aliphatic carbocycles. The Morgan fingerprint density at radius 2 is 1.85 bits per heavy atom. The average Bonchev–Trinajstić information content (AvgIpc) is 3.99. The molecule has 14 heteroatoms. The van der Waals surface area contributed by atoms with Crippen molar-refractivity contribution in [2.45, 2.75) is 48.2 Å². The lowest BCUT2D eigenvalue weighted by Gasteiger charge is -2.28. The zero-order valence-electron chi connectivity index (χ0n) is 28.3. The van der Waals surface area contributed by atoms with E-state index in [0.717, 1.165) is 61.3 Å². The molecule has 3 aromatic carbocycles. The number of nitrogens with one attached hydrogen (secondary N) is 4. The summed E-state index contributed by atoms with van der Waals surface area (Å²) >= 11 is 1.09. The number of oxazole rings is 2. The molecule has 0 radical (unpaired) electrons. The van der Waals surface area contributed by atoms with Crippen LogP contribution in [0, 0.1) is 5.92 Å². The van der Waals surface area contributed by atoms with Crippen LogP contribution < -0.4 is 20.1 Å². The van der Waals surface area contributed by atoms with Gasteiger partial charge in [-0.3, -0.25) is 4.79 Å². The van der Waals surface area contributed by atoms with Crippen LogP contribution in [-0.2, 0) is 26.7 Å². The SMILES string of the molecule is CC(C)[C@@H]1NC(=O)[C@@H](NS(=O)(=O)c2cccs2)Cc2ccc3c(c2)C24c5cccc(c5NC2O3)-c2cccc3[nH]cc(c23)-c2cnc(o2)-c2nc1oc24.